The van der Waals surface area contributed by atoms with Crippen molar-refractivity contribution >= 4 is 15.9 Å². The SMILES string of the molecule is CS(=O)(=O)c1cnc(OC2CCC(OC3CCN(C(=O)O[C@@H]4CC(F)(F)C4(F)F)CC3)CC2)cn1. The molecule has 1 aromatic rings. The molecule has 0 unspecified atom stereocenters. The molecule has 0 spiro atoms. The van der Waals surface area contributed by atoms with E-state index in [0.29, 0.717) is 25.7 Å². The zero-order valence-electron chi connectivity index (χ0n) is 19.0. The lowest BCUT2D eigenvalue weighted by molar-refractivity contribution is -0.330. The summed E-state index contributed by atoms with van der Waals surface area (Å²) in [6, 6.07) is 0. The molecule has 0 N–H and O–H groups in total. The van der Waals surface area contributed by atoms with Crippen LogP contribution < -0.4 is 4.74 Å². The van der Waals surface area contributed by atoms with Crippen LogP contribution in [0.4, 0.5) is 22.4 Å². The summed E-state index contributed by atoms with van der Waals surface area (Å²) in [4.78, 5) is 21.2. The Morgan fingerprint density at radius 1 is 0.971 bits per heavy atom. The van der Waals surface area contributed by atoms with Crippen LogP contribution in [-0.4, -0.2) is 85.0 Å². The van der Waals surface area contributed by atoms with Crippen LogP contribution in [0.1, 0.15) is 44.9 Å². The second kappa shape index (κ2) is 9.68. The molecule has 1 aliphatic heterocycles. The lowest BCUT2D eigenvalue weighted by atomic mass is 9.85. The first-order chi connectivity index (χ1) is 16.3. The number of piperidine rings is 1. The average molecular weight is 526 g/mol. The first-order valence-electron chi connectivity index (χ1n) is 11.4. The monoisotopic (exact) mass is 525 g/mol. The molecule has 0 aromatic carbocycles. The first-order valence-corrected chi connectivity index (χ1v) is 13.3. The van der Waals surface area contributed by atoms with E-state index in [1.165, 1.54) is 11.1 Å². The van der Waals surface area contributed by atoms with Gasteiger partial charge in [-0.25, -0.2) is 23.2 Å². The van der Waals surface area contributed by atoms with Gasteiger partial charge in [0, 0.05) is 19.3 Å². The molecule has 0 bridgehead atoms. The Hall–Kier alpha value is -2.22. The van der Waals surface area contributed by atoms with Gasteiger partial charge in [-0.1, -0.05) is 0 Å². The number of alkyl halides is 4. The largest absolute Gasteiger partial charge is 0.473 e. The summed E-state index contributed by atoms with van der Waals surface area (Å²) in [5, 5.41) is -0.121. The zero-order chi connectivity index (χ0) is 25.4. The Bertz CT molecular complexity index is 1010. The maximum absolute atomic E-state index is 13.3. The molecule has 2 aliphatic carbocycles. The molecule has 3 fully saturated rings. The fraction of sp³-hybridized carbons (Fsp3) is 0.762. The summed E-state index contributed by atoms with van der Waals surface area (Å²) in [5.41, 5.74) is 0. The molecule has 196 valence electrons. The predicted molar refractivity (Wildman–Crippen MR) is 112 cm³/mol. The summed E-state index contributed by atoms with van der Waals surface area (Å²) >= 11 is 0. The van der Waals surface area contributed by atoms with Gasteiger partial charge >= 0.3 is 17.9 Å². The van der Waals surface area contributed by atoms with E-state index in [0.717, 1.165) is 25.3 Å². The third-order valence-electron chi connectivity index (χ3n) is 6.55. The maximum Gasteiger partial charge on any atom is 0.410 e. The van der Waals surface area contributed by atoms with Crippen LogP contribution in [0.25, 0.3) is 0 Å². The van der Waals surface area contributed by atoms with E-state index >= 15 is 0 Å². The van der Waals surface area contributed by atoms with Crippen LogP contribution in [-0.2, 0) is 19.3 Å². The molecule has 1 aromatic heterocycles. The van der Waals surface area contributed by atoms with Crippen LogP contribution in [0.5, 0.6) is 5.88 Å². The Labute approximate surface area is 200 Å². The molecule has 4 rings (SSSR count). The van der Waals surface area contributed by atoms with Gasteiger partial charge in [0.2, 0.25) is 5.88 Å². The molecule has 3 aliphatic rings. The van der Waals surface area contributed by atoms with Crippen LogP contribution in [0.3, 0.4) is 0 Å². The van der Waals surface area contributed by atoms with Crippen molar-refractivity contribution < 1.29 is 45.0 Å². The molecule has 14 heteroatoms. The second-order valence-corrected chi connectivity index (χ2v) is 11.2. The predicted octanol–water partition coefficient (Wildman–Crippen LogP) is 3.23. The number of hydrogen-bond donors (Lipinski definition) is 0. The van der Waals surface area contributed by atoms with Gasteiger partial charge in [0.15, 0.2) is 21.0 Å². The van der Waals surface area contributed by atoms with E-state index in [1.807, 2.05) is 0 Å². The van der Waals surface area contributed by atoms with Crippen LogP contribution >= 0.6 is 0 Å². The van der Waals surface area contributed by atoms with Crippen LogP contribution in [0.15, 0.2) is 17.4 Å². The number of carbonyl (C=O) groups is 1. The molecule has 1 atom stereocenters. The van der Waals surface area contributed by atoms with E-state index < -0.39 is 40.3 Å². The van der Waals surface area contributed by atoms with Gasteiger partial charge in [0.05, 0.1) is 31.0 Å². The van der Waals surface area contributed by atoms with Crippen molar-refractivity contribution in [3.05, 3.63) is 12.4 Å². The number of ether oxygens (including phenoxy) is 3. The summed E-state index contributed by atoms with van der Waals surface area (Å²) < 4.78 is 91.9. The Morgan fingerprint density at radius 2 is 1.57 bits per heavy atom. The van der Waals surface area contributed by atoms with E-state index in [-0.39, 0.29) is 42.3 Å². The van der Waals surface area contributed by atoms with Crippen LogP contribution in [0.2, 0.25) is 0 Å². The summed E-state index contributed by atoms with van der Waals surface area (Å²) in [6.07, 6.45) is 2.93. The number of likely N-dealkylation sites (tertiary alicyclic amines) is 1. The Kier molecular flexibility index (Phi) is 7.15. The number of aromatic nitrogens is 2. The number of hydrogen-bond acceptors (Lipinski definition) is 8. The highest BCUT2D eigenvalue weighted by molar-refractivity contribution is 7.90. The smallest absolute Gasteiger partial charge is 0.410 e. The normalized spacial score (nSPS) is 28.7. The van der Waals surface area contributed by atoms with E-state index in [9.17, 15) is 30.8 Å². The summed E-state index contributed by atoms with van der Waals surface area (Å²) in [5.74, 6) is -8.22. The maximum atomic E-state index is 13.3. The van der Waals surface area contributed by atoms with Crippen molar-refractivity contribution in [2.45, 2.75) is 86.2 Å². The van der Waals surface area contributed by atoms with Gasteiger partial charge < -0.3 is 19.1 Å². The zero-order valence-corrected chi connectivity index (χ0v) is 19.9. The molecular formula is C21H27F4N3O6S. The highest BCUT2D eigenvalue weighted by Crippen LogP contribution is 2.52. The van der Waals surface area contributed by atoms with Crippen molar-refractivity contribution in [1.82, 2.24) is 14.9 Å². The van der Waals surface area contributed by atoms with Crippen LogP contribution in [0, 0.1) is 0 Å². The minimum absolute atomic E-state index is 0.00736. The number of nitrogens with zero attached hydrogens (tertiary/aromatic N) is 3. The van der Waals surface area contributed by atoms with E-state index in [1.54, 1.807) is 0 Å². The fourth-order valence-electron chi connectivity index (χ4n) is 4.37. The number of amides is 1. The van der Waals surface area contributed by atoms with Crippen molar-refractivity contribution in [2.75, 3.05) is 19.3 Å². The molecule has 2 saturated carbocycles. The highest BCUT2D eigenvalue weighted by Gasteiger charge is 2.74. The van der Waals surface area contributed by atoms with Gasteiger partial charge in [0.1, 0.15) is 6.10 Å². The van der Waals surface area contributed by atoms with Crippen molar-refractivity contribution in [1.29, 1.82) is 0 Å². The summed E-state index contributed by atoms with van der Waals surface area (Å²) in [6.45, 7) is 0.470. The van der Waals surface area contributed by atoms with Gasteiger partial charge in [0.25, 0.3) is 0 Å². The van der Waals surface area contributed by atoms with E-state index in [4.69, 9.17) is 9.47 Å². The molecule has 1 saturated heterocycles. The molecule has 2 heterocycles. The lowest BCUT2D eigenvalue weighted by Crippen LogP contribution is -2.64. The molecule has 9 nitrogen and oxygen atoms in total. The standard InChI is InChI=1S/C21H27F4N3O6S/c1-35(30,31)18-12-26-17(11-27-18)33-14-4-2-13(3-5-14)32-15-6-8-28(9-7-15)19(29)34-16-10-20(22,23)21(16,24)25/h11-16H,2-10H2,1H3/t13?,14?,16-/m1/s1. The molecular weight excluding hydrogens is 498 g/mol. The molecule has 35 heavy (non-hydrogen) atoms. The summed E-state index contributed by atoms with van der Waals surface area (Å²) in [7, 11) is -3.43. The third kappa shape index (κ3) is 5.79. The van der Waals surface area contributed by atoms with Gasteiger partial charge in [-0.15, -0.1) is 0 Å². The minimum atomic E-state index is -4.33. The van der Waals surface area contributed by atoms with E-state index in [2.05, 4.69) is 14.7 Å². The van der Waals surface area contributed by atoms with Gasteiger partial charge in [-0.05, 0) is 38.5 Å². The fourth-order valence-corrected chi connectivity index (χ4v) is 4.86. The highest BCUT2D eigenvalue weighted by atomic mass is 32.2. The average Bonchev–Trinajstić information content (AvgIpc) is 2.80. The molecule has 0 radical (unpaired) electrons. The lowest BCUT2D eigenvalue weighted by Gasteiger charge is -2.43. The Morgan fingerprint density at radius 3 is 2.09 bits per heavy atom. The Balaban J connectivity index is 1.15. The van der Waals surface area contributed by atoms with Gasteiger partial charge in [-0.2, -0.15) is 17.6 Å². The minimum Gasteiger partial charge on any atom is -0.473 e. The number of halogens is 4. The first kappa shape index (κ1) is 25.9. The molecule has 1 amide bonds. The third-order valence-corrected chi connectivity index (χ3v) is 7.53. The topological polar surface area (TPSA) is 108 Å². The quantitative estimate of drug-likeness (QED) is 0.521. The number of rotatable bonds is 6. The van der Waals surface area contributed by atoms with Crippen molar-refractivity contribution in [2.24, 2.45) is 0 Å². The number of sulfone groups is 1. The van der Waals surface area contributed by atoms with Crippen molar-refractivity contribution in [3.63, 3.8) is 0 Å². The van der Waals surface area contributed by atoms with Gasteiger partial charge in [-0.3, -0.25) is 0 Å². The van der Waals surface area contributed by atoms with Crippen molar-refractivity contribution in [3.8, 4) is 5.88 Å². The number of carbonyl (C=O) groups excluding carboxylic acids is 1. The second-order valence-electron chi connectivity index (χ2n) is 9.21.